The van der Waals surface area contributed by atoms with Gasteiger partial charge in [-0.15, -0.1) is 0 Å². The van der Waals surface area contributed by atoms with Gasteiger partial charge >= 0.3 is 0 Å². The van der Waals surface area contributed by atoms with E-state index in [0.29, 0.717) is 34.3 Å². The smallest absolute Gasteiger partial charge is 0.274 e. The van der Waals surface area contributed by atoms with Gasteiger partial charge in [-0.3, -0.25) is 4.79 Å². The highest BCUT2D eigenvalue weighted by molar-refractivity contribution is 8.13. The average Bonchev–Trinajstić information content (AvgIpc) is 2.75. The van der Waals surface area contributed by atoms with Gasteiger partial charge in [0.2, 0.25) is 0 Å². The number of nitrogens with one attached hydrogen (secondary N) is 1. The molecular formula is C20H22FN5O3S. The zero-order valence-corrected chi connectivity index (χ0v) is 16.9. The summed E-state index contributed by atoms with van der Waals surface area (Å²) in [6.45, 7) is -0.0123. The summed E-state index contributed by atoms with van der Waals surface area (Å²) < 4.78 is 20.7. The summed E-state index contributed by atoms with van der Waals surface area (Å²) in [7, 11) is 0. The van der Waals surface area contributed by atoms with Crippen LogP contribution in [0.1, 0.15) is 22.5 Å². The Morgan fingerprint density at radius 3 is 2.93 bits per heavy atom. The van der Waals surface area contributed by atoms with Crippen LogP contribution in [0.5, 0.6) is 0 Å². The second kappa shape index (κ2) is 8.21. The minimum absolute atomic E-state index is 0.0695. The molecule has 158 valence electrons. The van der Waals surface area contributed by atoms with Crippen LogP contribution in [0.2, 0.25) is 0 Å². The van der Waals surface area contributed by atoms with Gasteiger partial charge in [0.25, 0.3) is 5.91 Å². The lowest BCUT2D eigenvalue weighted by Crippen LogP contribution is -2.51. The molecule has 0 aliphatic carbocycles. The number of benzene rings is 1. The van der Waals surface area contributed by atoms with E-state index in [1.807, 2.05) is 0 Å². The van der Waals surface area contributed by atoms with Crippen LogP contribution in [0.4, 0.5) is 15.8 Å². The number of amidine groups is 1. The first kappa shape index (κ1) is 20.6. The number of carbonyl (C=O) groups is 1. The van der Waals surface area contributed by atoms with E-state index in [1.165, 1.54) is 36.2 Å². The summed E-state index contributed by atoms with van der Waals surface area (Å²) in [6, 6.07) is 7.42. The van der Waals surface area contributed by atoms with E-state index in [0.717, 1.165) is 0 Å². The normalized spacial score (nSPS) is 25.9. The van der Waals surface area contributed by atoms with Crippen molar-refractivity contribution in [3.8, 4) is 0 Å². The van der Waals surface area contributed by atoms with Crippen molar-refractivity contribution in [2.24, 2.45) is 16.6 Å². The molecule has 2 unspecified atom stereocenters. The maximum atomic E-state index is 15.0. The quantitative estimate of drug-likeness (QED) is 0.579. The fourth-order valence-electron chi connectivity index (χ4n) is 3.84. The molecule has 1 amide bonds. The van der Waals surface area contributed by atoms with Gasteiger partial charge in [0.1, 0.15) is 17.1 Å². The van der Waals surface area contributed by atoms with E-state index in [-0.39, 0.29) is 30.9 Å². The van der Waals surface area contributed by atoms with Gasteiger partial charge in [0, 0.05) is 22.9 Å². The van der Waals surface area contributed by atoms with Crippen molar-refractivity contribution >= 4 is 34.2 Å². The molecule has 0 saturated carbocycles. The van der Waals surface area contributed by atoms with Gasteiger partial charge in [-0.25, -0.2) is 14.4 Å². The third-order valence-corrected chi connectivity index (χ3v) is 6.37. The van der Waals surface area contributed by atoms with Crippen LogP contribution in [0, 0.1) is 11.7 Å². The number of aliphatic imine (C=N–C) groups is 1. The number of fused-ring (bicyclic) bond motifs is 1. The molecule has 0 radical (unpaired) electrons. The number of aliphatic hydroxyl groups is 1. The fraction of sp³-hybridized carbons (Fsp3) is 0.350. The van der Waals surface area contributed by atoms with Gasteiger partial charge in [0.05, 0.1) is 31.2 Å². The Bertz CT molecular complexity index is 987. The van der Waals surface area contributed by atoms with Crippen molar-refractivity contribution < 1.29 is 19.0 Å². The molecule has 30 heavy (non-hydrogen) atoms. The summed E-state index contributed by atoms with van der Waals surface area (Å²) in [6.07, 6.45) is 1.61. The Balaban J connectivity index is 1.67. The van der Waals surface area contributed by atoms with Crippen LogP contribution in [0.25, 0.3) is 0 Å². The zero-order valence-electron chi connectivity index (χ0n) is 16.0. The lowest BCUT2D eigenvalue weighted by Gasteiger charge is -2.46. The summed E-state index contributed by atoms with van der Waals surface area (Å²) in [5.74, 6) is -0.331. The predicted molar refractivity (Wildman–Crippen MR) is 114 cm³/mol. The van der Waals surface area contributed by atoms with Crippen LogP contribution in [-0.4, -0.2) is 46.2 Å². The largest absolute Gasteiger partial charge is 0.397 e. The van der Waals surface area contributed by atoms with Crippen molar-refractivity contribution in [1.29, 1.82) is 0 Å². The Hall–Kier alpha value is -2.69. The molecular weight excluding hydrogens is 409 g/mol. The third-order valence-electron chi connectivity index (χ3n) is 5.42. The standard InChI is InChI=1S/C20H22FN5O3S/c21-16-3-2-13(25-18(28)17-4-1-12(22)7-24-17)6-15(16)20-10-29-14(8-27)5-11(20)9-30-19(23)26-20/h1-4,6-7,11,14,27H,5,8-10,22H2,(H2,23,26)(H,25,28)/t11?,14-,20?/m1/s1. The van der Waals surface area contributed by atoms with Crippen LogP contribution in [0.15, 0.2) is 41.5 Å². The van der Waals surface area contributed by atoms with E-state index in [1.54, 1.807) is 12.1 Å². The molecule has 1 saturated heterocycles. The van der Waals surface area contributed by atoms with Gasteiger partial charge in [-0.2, -0.15) is 0 Å². The first-order chi connectivity index (χ1) is 14.4. The number of rotatable bonds is 4. The number of carbonyl (C=O) groups excluding carboxylic acids is 1. The molecule has 3 heterocycles. The number of hydrogen-bond acceptors (Lipinski definition) is 8. The van der Waals surface area contributed by atoms with Crippen molar-refractivity contribution in [2.45, 2.75) is 18.1 Å². The number of thioether (sulfide) groups is 1. The van der Waals surface area contributed by atoms with Crippen LogP contribution in [-0.2, 0) is 10.3 Å². The van der Waals surface area contributed by atoms with Gasteiger partial charge in [0.15, 0.2) is 5.17 Å². The monoisotopic (exact) mass is 431 g/mol. The highest BCUT2D eigenvalue weighted by Gasteiger charge is 2.49. The molecule has 1 fully saturated rings. The molecule has 8 nitrogen and oxygen atoms in total. The van der Waals surface area contributed by atoms with E-state index in [4.69, 9.17) is 16.2 Å². The number of aliphatic hydroxyl groups excluding tert-OH is 1. The zero-order chi connectivity index (χ0) is 21.3. The maximum Gasteiger partial charge on any atom is 0.274 e. The molecule has 0 bridgehead atoms. The number of aromatic nitrogens is 1. The number of ether oxygens (including phenoxy) is 1. The molecule has 6 N–H and O–H groups in total. The molecule has 4 rings (SSSR count). The molecule has 0 spiro atoms. The van der Waals surface area contributed by atoms with Gasteiger partial charge in [-0.1, -0.05) is 11.8 Å². The van der Waals surface area contributed by atoms with Crippen molar-refractivity contribution in [3.05, 3.63) is 53.6 Å². The SMILES string of the molecule is NC1=NC2(c3cc(NC(=O)c4ccc(N)cn4)ccc3F)CO[C@@H](CO)CC2CS1. The number of hydrogen-bond donors (Lipinski definition) is 4. The van der Waals surface area contributed by atoms with Crippen molar-refractivity contribution in [1.82, 2.24) is 4.98 Å². The third kappa shape index (κ3) is 3.85. The maximum absolute atomic E-state index is 15.0. The first-order valence-electron chi connectivity index (χ1n) is 9.45. The number of nitrogens with zero attached hydrogens (tertiary/aromatic N) is 2. The predicted octanol–water partition coefficient (Wildman–Crippen LogP) is 1.71. The minimum atomic E-state index is -1.01. The number of amides is 1. The molecule has 1 aromatic heterocycles. The summed E-state index contributed by atoms with van der Waals surface area (Å²) in [5.41, 5.74) is 11.9. The second-order valence-corrected chi connectivity index (χ2v) is 8.40. The van der Waals surface area contributed by atoms with E-state index >= 15 is 0 Å². The van der Waals surface area contributed by atoms with Crippen LogP contribution < -0.4 is 16.8 Å². The summed E-state index contributed by atoms with van der Waals surface area (Å²) >= 11 is 1.41. The number of anilines is 2. The molecule has 3 atom stereocenters. The summed E-state index contributed by atoms with van der Waals surface area (Å²) in [5, 5.41) is 12.6. The Morgan fingerprint density at radius 1 is 1.37 bits per heavy atom. The fourth-order valence-corrected chi connectivity index (χ4v) is 4.85. The lowest BCUT2D eigenvalue weighted by atomic mass is 9.75. The Kier molecular flexibility index (Phi) is 5.63. The Morgan fingerprint density at radius 2 is 2.20 bits per heavy atom. The highest BCUT2D eigenvalue weighted by atomic mass is 32.2. The van der Waals surface area contributed by atoms with E-state index in [9.17, 15) is 14.3 Å². The average molecular weight is 431 g/mol. The molecule has 2 aliphatic heterocycles. The second-order valence-electron chi connectivity index (χ2n) is 7.36. The number of nitrogen functional groups attached to an aromatic ring is 1. The number of halogens is 1. The van der Waals surface area contributed by atoms with Crippen molar-refractivity contribution in [2.75, 3.05) is 30.0 Å². The highest BCUT2D eigenvalue weighted by Crippen LogP contribution is 2.47. The van der Waals surface area contributed by atoms with Gasteiger partial charge < -0.3 is 26.6 Å². The number of pyridine rings is 1. The molecule has 10 heteroatoms. The lowest BCUT2D eigenvalue weighted by molar-refractivity contribution is -0.0770. The van der Waals surface area contributed by atoms with Crippen LogP contribution in [0.3, 0.4) is 0 Å². The Labute approximate surface area is 176 Å². The minimum Gasteiger partial charge on any atom is -0.397 e. The molecule has 1 aromatic carbocycles. The summed E-state index contributed by atoms with van der Waals surface area (Å²) in [4.78, 5) is 21.1. The number of nitrogens with two attached hydrogens (primary N) is 2. The first-order valence-corrected chi connectivity index (χ1v) is 10.4. The molecule has 2 aromatic rings. The van der Waals surface area contributed by atoms with Crippen molar-refractivity contribution in [3.63, 3.8) is 0 Å². The van der Waals surface area contributed by atoms with E-state index < -0.39 is 17.3 Å². The van der Waals surface area contributed by atoms with E-state index in [2.05, 4.69) is 15.3 Å². The molecule has 2 aliphatic rings. The van der Waals surface area contributed by atoms with Gasteiger partial charge in [-0.05, 0) is 36.8 Å². The van der Waals surface area contributed by atoms with Crippen LogP contribution >= 0.6 is 11.8 Å². The topological polar surface area (TPSA) is 136 Å².